The molecule has 2 aliphatic heterocycles. The van der Waals surface area contributed by atoms with Crippen molar-refractivity contribution in [2.45, 2.75) is 37.9 Å². The maximum Gasteiger partial charge on any atom is 0.328 e. The standard InChI is InChI=1S/C16H20N2O4/c1-9(19)18-13(14(20)22-4)8-16(2)11-7-10(21-3)5-6-12(11)17-15(16)18/h5-7,13,15,17H,8H2,1-4H3/t13?,15-,16-/m0/s1. The first kappa shape index (κ1) is 14.7. The third kappa shape index (κ3) is 1.86. The molecule has 6 heteroatoms. The molecule has 1 unspecified atom stereocenters. The van der Waals surface area contributed by atoms with Crippen molar-refractivity contribution in [3.8, 4) is 5.75 Å². The number of nitrogens with one attached hydrogen (secondary N) is 1. The van der Waals surface area contributed by atoms with Gasteiger partial charge in [-0.15, -0.1) is 0 Å². The molecule has 2 aliphatic rings. The monoisotopic (exact) mass is 304 g/mol. The van der Waals surface area contributed by atoms with Crippen LogP contribution in [-0.2, 0) is 19.7 Å². The quantitative estimate of drug-likeness (QED) is 0.839. The second kappa shape index (κ2) is 4.90. The van der Waals surface area contributed by atoms with E-state index in [1.165, 1.54) is 14.0 Å². The molecular formula is C16H20N2O4. The highest BCUT2D eigenvalue weighted by atomic mass is 16.5. The summed E-state index contributed by atoms with van der Waals surface area (Å²) < 4.78 is 10.2. The molecule has 1 N–H and O–H groups in total. The van der Waals surface area contributed by atoms with E-state index in [1.54, 1.807) is 12.0 Å². The maximum atomic E-state index is 12.1. The van der Waals surface area contributed by atoms with Gasteiger partial charge >= 0.3 is 5.97 Å². The molecule has 0 saturated carbocycles. The summed E-state index contributed by atoms with van der Waals surface area (Å²) in [5.74, 6) is 0.242. The number of carbonyl (C=O) groups is 2. The molecule has 0 aliphatic carbocycles. The Labute approximate surface area is 129 Å². The Balaban J connectivity index is 2.06. The normalized spacial score (nSPS) is 28.6. The zero-order valence-corrected chi connectivity index (χ0v) is 13.2. The molecule has 0 spiro atoms. The number of benzene rings is 1. The maximum absolute atomic E-state index is 12.1. The number of hydrogen-bond acceptors (Lipinski definition) is 5. The Morgan fingerprint density at radius 1 is 1.36 bits per heavy atom. The predicted octanol–water partition coefficient (Wildman–Crippen LogP) is 1.50. The SMILES string of the molecule is COC(=O)C1C[C@@]2(C)c3cc(OC)ccc3N[C@H]2N1C(C)=O. The van der Waals surface area contributed by atoms with E-state index in [0.717, 1.165) is 17.0 Å². The number of fused-ring (bicyclic) bond motifs is 3. The van der Waals surface area contributed by atoms with Crippen molar-refractivity contribution in [1.82, 2.24) is 4.90 Å². The average molecular weight is 304 g/mol. The highest BCUT2D eigenvalue weighted by Crippen LogP contribution is 2.51. The van der Waals surface area contributed by atoms with E-state index >= 15 is 0 Å². The predicted molar refractivity (Wildman–Crippen MR) is 80.7 cm³/mol. The number of anilines is 1. The molecule has 2 heterocycles. The number of ether oxygens (including phenoxy) is 2. The smallest absolute Gasteiger partial charge is 0.328 e. The Morgan fingerprint density at radius 3 is 2.68 bits per heavy atom. The van der Waals surface area contributed by atoms with Gasteiger partial charge in [-0.25, -0.2) is 4.79 Å². The van der Waals surface area contributed by atoms with Gasteiger partial charge in [-0.2, -0.15) is 0 Å². The van der Waals surface area contributed by atoms with Crippen LogP contribution in [0.5, 0.6) is 5.75 Å². The molecule has 1 aromatic rings. The first-order valence-electron chi connectivity index (χ1n) is 7.24. The third-order valence-electron chi connectivity index (χ3n) is 4.81. The Kier molecular flexibility index (Phi) is 3.27. The minimum Gasteiger partial charge on any atom is -0.497 e. The number of rotatable bonds is 2. The molecule has 0 bridgehead atoms. The fourth-order valence-electron chi connectivity index (χ4n) is 3.71. The minimum atomic E-state index is -0.565. The second-order valence-electron chi connectivity index (χ2n) is 6.05. The topological polar surface area (TPSA) is 67.9 Å². The molecule has 0 radical (unpaired) electrons. The lowest BCUT2D eigenvalue weighted by Gasteiger charge is -2.30. The number of methoxy groups -OCH3 is 2. The number of carbonyl (C=O) groups excluding carboxylic acids is 2. The van der Waals surface area contributed by atoms with Crippen molar-refractivity contribution in [3.63, 3.8) is 0 Å². The Bertz CT molecular complexity index is 645. The molecular weight excluding hydrogens is 284 g/mol. The van der Waals surface area contributed by atoms with E-state index < -0.39 is 6.04 Å². The van der Waals surface area contributed by atoms with Crippen molar-refractivity contribution >= 4 is 17.6 Å². The van der Waals surface area contributed by atoms with Gasteiger partial charge in [0.15, 0.2) is 0 Å². The van der Waals surface area contributed by atoms with Gasteiger partial charge in [0.05, 0.1) is 14.2 Å². The van der Waals surface area contributed by atoms with Crippen molar-refractivity contribution in [2.75, 3.05) is 19.5 Å². The summed E-state index contributed by atoms with van der Waals surface area (Å²) >= 11 is 0. The van der Waals surface area contributed by atoms with Crippen molar-refractivity contribution in [2.24, 2.45) is 0 Å². The number of amides is 1. The number of hydrogen-bond donors (Lipinski definition) is 1. The van der Waals surface area contributed by atoms with Crippen LogP contribution in [0.15, 0.2) is 18.2 Å². The zero-order chi connectivity index (χ0) is 16.1. The van der Waals surface area contributed by atoms with Gasteiger partial charge in [-0.1, -0.05) is 6.92 Å². The summed E-state index contributed by atoms with van der Waals surface area (Å²) in [5.41, 5.74) is 1.69. The summed E-state index contributed by atoms with van der Waals surface area (Å²) in [6.07, 6.45) is 0.271. The summed E-state index contributed by atoms with van der Waals surface area (Å²) in [6.45, 7) is 3.54. The summed E-state index contributed by atoms with van der Waals surface area (Å²) in [7, 11) is 2.97. The molecule has 0 aromatic heterocycles. The minimum absolute atomic E-state index is 0.142. The van der Waals surface area contributed by atoms with E-state index in [2.05, 4.69) is 12.2 Å². The lowest BCUT2D eigenvalue weighted by atomic mass is 9.80. The van der Waals surface area contributed by atoms with Gasteiger partial charge in [0.1, 0.15) is 18.0 Å². The van der Waals surface area contributed by atoms with Crippen molar-refractivity contribution in [1.29, 1.82) is 0 Å². The van der Waals surface area contributed by atoms with Crippen LogP contribution in [0.1, 0.15) is 25.8 Å². The van der Waals surface area contributed by atoms with E-state index in [1.807, 2.05) is 18.2 Å². The first-order chi connectivity index (χ1) is 10.4. The first-order valence-corrected chi connectivity index (χ1v) is 7.24. The van der Waals surface area contributed by atoms with Gasteiger partial charge in [0.2, 0.25) is 5.91 Å². The number of nitrogens with zero attached hydrogens (tertiary/aromatic N) is 1. The van der Waals surface area contributed by atoms with Gasteiger partial charge < -0.3 is 19.7 Å². The van der Waals surface area contributed by atoms with E-state index in [9.17, 15) is 9.59 Å². The number of esters is 1. The third-order valence-corrected chi connectivity index (χ3v) is 4.81. The molecule has 1 fully saturated rings. The van der Waals surface area contributed by atoms with Crippen LogP contribution in [0.3, 0.4) is 0 Å². The zero-order valence-electron chi connectivity index (χ0n) is 13.2. The molecule has 1 amide bonds. The average Bonchev–Trinajstić information content (AvgIpc) is 2.94. The Hall–Kier alpha value is -2.24. The molecule has 1 aromatic carbocycles. The van der Waals surface area contributed by atoms with E-state index in [0.29, 0.717) is 6.42 Å². The summed E-state index contributed by atoms with van der Waals surface area (Å²) in [5, 5.41) is 3.37. The van der Waals surface area contributed by atoms with Gasteiger partial charge in [0, 0.05) is 18.0 Å². The van der Waals surface area contributed by atoms with Crippen LogP contribution in [0, 0.1) is 0 Å². The highest BCUT2D eigenvalue weighted by Gasteiger charge is 2.58. The van der Waals surface area contributed by atoms with E-state index in [4.69, 9.17) is 9.47 Å². The van der Waals surface area contributed by atoms with E-state index in [-0.39, 0.29) is 23.5 Å². The van der Waals surface area contributed by atoms with Crippen LogP contribution in [0.2, 0.25) is 0 Å². The van der Waals surface area contributed by atoms with Gasteiger partial charge in [-0.3, -0.25) is 4.79 Å². The van der Waals surface area contributed by atoms with Crippen molar-refractivity contribution in [3.05, 3.63) is 23.8 Å². The van der Waals surface area contributed by atoms with Crippen LogP contribution in [-0.4, -0.2) is 43.2 Å². The van der Waals surface area contributed by atoms with Gasteiger partial charge in [-0.05, 0) is 30.2 Å². The number of likely N-dealkylation sites (tertiary alicyclic amines) is 1. The lowest BCUT2D eigenvalue weighted by molar-refractivity contribution is -0.151. The summed E-state index contributed by atoms with van der Waals surface area (Å²) in [4.78, 5) is 25.8. The lowest BCUT2D eigenvalue weighted by Crippen LogP contribution is -2.48. The largest absolute Gasteiger partial charge is 0.497 e. The van der Waals surface area contributed by atoms with Crippen LogP contribution in [0.25, 0.3) is 0 Å². The molecule has 3 rings (SSSR count). The molecule has 22 heavy (non-hydrogen) atoms. The molecule has 3 atom stereocenters. The highest BCUT2D eigenvalue weighted by molar-refractivity contribution is 5.86. The Morgan fingerprint density at radius 2 is 2.09 bits per heavy atom. The van der Waals surface area contributed by atoms with Crippen LogP contribution in [0.4, 0.5) is 5.69 Å². The van der Waals surface area contributed by atoms with Crippen LogP contribution < -0.4 is 10.1 Å². The van der Waals surface area contributed by atoms with Gasteiger partial charge in [0.25, 0.3) is 0 Å². The van der Waals surface area contributed by atoms with Crippen molar-refractivity contribution < 1.29 is 19.1 Å². The second-order valence-corrected chi connectivity index (χ2v) is 6.05. The molecule has 1 saturated heterocycles. The molecule has 6 nitrogen and oxygen atoms in total. The van der Waals surface area contributed by atoms with Crippen LogP contribution >= 0.6 is 0 Å². The fraction of sp³-hybridized carbons (Fsp3) is 0.500. The fourth-order valence-corrected chi connectivity index (χ4v) is 3.71. The molecule has 118 valence electrons. The summed E-state index contributed by atoms with van der Waals surface area (Å²) in [6, 6.07) is 5.24.